The van der Waals surface area contributed by atoms with Crippen LogP contribution in [0.25, 0.3) is 10.6 Å². The molecule has 1 aromatic heterocycles. The van der Waals surface area contributed by atoms with Gasteiger partial charge in [0.2, 0.25) is 11.8 Å². The fraction of sp³-hybridized carbons (Fsp3) is 0.500. The van der Waals surface area contributed by atoms with Crippen molar-refractivity contribution in [3.8, 4) is 10.6 Å². The lowest BCUT2D eigenvalue weighted by Gasteiger charge is -2.29. The van der Waals surface area contributed by atoms with Crippen LogP contribution in [0.3, 0.4) is 0 Å². The molecule has 154 valence electrons. The zero-order valence-corrected chi connectivity index (χ0v) is 18.1. The highest BCUT2D eigenvalue weighted by Crippen LogP contribution is 2.30. The molecule has 7 heteroatoms. The predicted octanol–water partition coefficient (Wildman–Crippen LogP) is 3.95. The van der Waals surface area contributed by atoms with Crippen molar-refractivity contribution < 1.29 is 9.59 Å². The maximum absolute atomic E-state index is 12.9. The maximum atomic E-state index is 12.9. The van der Waals surface area contributed by atoms with Gasteiger partial charge >= 0.3 is 0 Å². The second-order valence-corrected chi connectivity index (χ2v) is 9.57. The highest BCUT2D eigenvalue weighted by molar-refractivity contribution is 7.99. The molecular weight excluding hydrogens is 402 g/mol. The van der Waals surface area contributed by atoms with Gasteiger partial charge in [0.25, 0.3) is 0 Å². The van der Waals surface area contributed by atoms with E-state index in [1.54, 1.807) is 23.1 Å². The fourth-order valence-corrected chi connectivity index (χ4v) is 6.05. The number of rotatable bonds is 6. The zero-order chi connectivity index (χ0) is 20.1. The molecular formula is C22H27N3O2S2. The summed E-state index contributed by atoms with van der Waals surface area (Å²) in [7, 11) is 0. The third kappa shape index (κ3) is 5.01. The van der Waals surface area contributed by atoms with Crippen molar-refractivity contribution in [2.24, 2.45) is 5.92 Å². The first-order valence-corrected chi connectivity index (χ1v) is 12.4. The highest BCUT2D eigenvalue weighted by Gasteiger charge is 2.37. The minimum absolute atomic E-state index is 0.0299. The number of nitrogens with zero attached hydrogens (tertiary/aromatic N) is 2. The monoisotopic (exact) mass is 429 g/mol. The minimum Gasteiger partial charge on any atom is -0.354 e. The molecule has 2 aromatic rings. The van der Waals surface area contributed by atoms with Gasteiger partial charge in [-0.3, -0.25) is 9.59 Å². The number of hydrogen-bond acceptors (Lipinski definition) is 5. The smallest absolute Gasteiger partial charge is 0.243 e. The molecule has 1 atom stereocenters. The van der Waals surface area contributed by atoms with Gasteiger partial charge in [-0.05, 0) is 12.8 Å². The minimum atomic E-state index is -0.329. The number of carbonyl (C=O) groups is 2. The van der Waals surface area contributed by atoms with Crippen molar-refractivity contribution in [3.05, 3.63) is 41.4 Å². The molecule has 1 saturated heterocycles. The van der Waals surface area contributed by atoms with Crippen LogP contribution >= 0.6 is 23.1 Å². The molecule has 1 aliphatic carbocycles. The molecule has 2 fully saturated rings. The number of nitrogens with one attached hydrogen (secondary N) is 1. The first-order chi connectivity index (χ1) is 14.2. The molecule has 2 amide bonds. The van der Waals surface area contributed by atoms with Gasteiger partial charge in [0.1, 0.15) is 11.0 Å². The van der Waals surface area contributed by atoms with E-state index >= 15 is 0 Å². The summed E-state index contributed by atoms with van der Waals surface area (Å²) in [6, 6.07) is 9.80. The van der Waals surface area contributed by atoms with Crippen molar-refractivity contribution >= 4 is 34.9 Å². The largest absolute Gasteiger partial charge is 0.354 e. The molecule has 1 aromatic carbocycles. The lowest BCUT2D eigenvalue weighted by atomic mass is 9.88. The normalized spacial score (nSPS) is 20.0. The molecule has 1 N–H and O–H groups in total. The van der Waals surface area contributed by atoms with Crippen molar-refractivity contribution in [1.29, 1.82) is 0 Å². The molecule has 2 heterocycles. The summed E-state index contributed by atoms with van der Waals surface area (Å²) in [6.45, 7) is 0.545. The standard InChI is InChI=1S/C22H27N3O2S2/c26-20(19-14-28-15-25(19)22(27)17-9-5-2-6-10-17)23-12-11-18-13-29-21(24-18)16-7-3-1-4-8-16/h1,3-4,7-8,13,17,19H,2,5-6,9-12,14-15H2,(H,23,26)/t19-/m1/s1. The zero-order valence-electron chi connectivity index (χ0n) is 16.5. The Bertz CT molecular complexity index is 834. The van der Waals surface area contributed by atoms with Gasteiger partial charge < -0.3 is 10.2 Å². The van der Waals surface area contributed by atoms with Crippen LogP contribution in [0.5, 0.6) is 0 Å². The van der Waals surface area contributed by atoms with E-state index in [1.165, 1.54) is 6.42 Å². The number of thiazole rings is 1. The molecule has 5 nitrogen and oxygen atoms in total. The number of aromatic nitrogens is 1. The van der Waals surface area contributed by atoms with Gasteiger partial charge in [0.05, 0.1) is 11.6 Å². The number of benzene rings is 1. The Balaban J connectivity index is 1.28. The quantitative estimate of drug-likeness (QED) is 0.755. The van der Waals surface area contributed by atoms with Gasteiger partial charge in [-0.25, -0.2) is 4.98 Å². The van der Waals surface area contributed by atoms with E-state index in [0.29, 0.717) is 24.6 Å². The fourth-order valence-electron chi connectivity index (χ4n) is 4.03. The first kappa shape index (κ1) is 20.4. The summed E-state index contributed by atoms with van der Waals surface area (Å²) in [5, 5.41) is 6.09. The molecule has 2 aliphatic rings. The number of carbonyl (C=O) groups excluding carboxylic acids is 2. The Kier molecular flexibility index (Phi) is 6.87. The van der Waals surface area contributed by atoms with Gasteiger partial charge in [-0.15, -0.1) is 23.1 Å². The number of amides is 2. The average molecular weight is 430 g/mol. The lowest BCUT2D eigenvalue weighted by molar-refractivity contribution is -0.141. The van der Waals surface area contributed by atoms with Crippen LogP contribution in [0.2, 0.25) is 0 Å². The second kappa shape index (κ2) is 9.76. The molecule has 0 unspecified atom stereocenters. The molecule has 0 radical (unpaired) electrons. The van der Waals surface area contributed by atoms with E-state index < -0.39 is 0 Å². The van der Waals surface area contributed by atoms with Gasteiger partial charge in [-0.1, -0.05) is 49.6 Å². The summed E-state index contributed by atoms with van der Waals surface area (Å²) >= 11 is 3.30. The van der Waals surface area contributed by atoms with E-state index in [9.17, 15) is 9.59 Å². The van der Waals surface area contributed by atoms with Crippen molar-refractivity contribution in [2.45, 2.75) is 44.6 Å². The lowest BCUT2D eigenvalue weighted by Crippen LogP contribution is -2.49. The summed E-state index contributed by atoms with van der Waals surface area (Å²) in [6.07, 6.45) is 6.14. The van der Waals surface area contributed by atoms with E-state index in [1.807, 2.05) is 23.1 Å². The Hall–Kier alpha value is -1.86. The molecule has 4 rings (SSSR count). The van der Waals surface area contributed by atoms with Crippen LogP contribution in [0.4, 0.5) is 0 Å². The maximum Gasteiger partial charge on any atom is 0.243 e. The van der Waals surface area contributed by atoms with Crippen molar-refractivity contribution in [2.75, 3.05) is 18.2 Å². The molecule has 1 saturated carbocycles. The highest BCUT2D eigenvalue weighted by atomic mass is 32.2. The first-order valence-electron chi connectivity index (χ1n) is 10.4. The summed E-state index contributed by atoms with van der Waals surface area (Å²) < 4.78 is 0. The predicted molar refractivity (Wildman–Crippen MR) is 119 cm³/mol. The van der Waals surface area contributed by atoms with Crippen LogP contribution < -0.4 is 5.32 Å². The van der Waals surface area contributed by atoms with Gasteiger partial charge in [-0.2, -0.15) is 0 Å². The van der Waals surface area contributed by atoms with E-state index in [0.717, 1.165) is 41.9 Å². The van der Waals surface area contributed by atoms with Crippen molar-refractivity contribution in [3.63, 3.8) is 0 Å². The van der Waals surface area contributed by atoms with Crippen LogP contribution in [0, 0.1) is 5.92 Å². The van der Waals surface area contributed by atoms with E-state index in [4.69, 9.17) is 0 Å². The Morgan fingerprint density at radius 1 is 1.14 bits per heavy atom. The van der Waals surface area contributed by atoms with Crippen LogP contribution in [-0.4, -0.2) is 45.9 Å². The SMILES string of the molecule is O=C(NCCc1csc(-c2ccccc2)n1)[C@H]1CSCN1C(=O)C1CCCCC1. The Morgan fingerprint density at radius 3 is 2.72 bits per heavy atom. The van der Waals surface area contributed by atoms with E-state index in [2.05, 4.69) is 27.8 Å². The summed E-state index contributed by atoms with van der Waals surface area (Å²) in [5.41, 5.74) is 2.11. The average Bonchev–Trinajstić information content (AvgIpc) is 3.44. The Morgan fingerprint density at radius 2 is 1.93 bits per heavy atom. The molecule has 0 bridgehead atoms. The number of hydrogen-bond donors (Lipinski definition) is 1. The second-order valence-electron chi connectivity index (χ2n) is 7.71. The summed E-state index contributed by atoms with van der Waals surface area (Å²) in [5.74, 6) is 1.60. The molecule has 0 spiro atoms. The van der Waals surface area contributed by atoms with Gasteiger partial charge in [0, 0.05) is 35.6 Å². The van der Waals surface area contributed by atoms with Crippen LogP contribution in [0.15, 0.2) is 35.7 Å². The van der Waals surface area contributed by atoms with E-state index in [-0.39, 0.29) is 23.8 Å². The number of thioether (sulfide) groups is 1. The van der Waals surface area contributed by atoms with Crippen molar-refractivity contribution in [1.82, 2.24) is 15.2 Å². The van der Waals surface area contributed by atoms with Crippen LogP contribution in [0.1, 0.15) is 37.8 Å². The summed E-state index contributed by atoms with van der Waals surface area (Å²) in [4.78, 5) is 32.1. The Labute approximate surface area is 180 Å². The molecule has 29 heavy (non-hydrogen) atoms. The van der Waals surface area contributed by atoms with Gasteiger partial charge in [0.15, 0.2) is 0 Å². The molecule has 1 aliphatic heterocycles. The third-order valence-electron chi connectivity index (χ3n) is 5.68. The third-order valence-corrected chi connectivity index (χ3v) is 7.63. The van der Waals surface area contributed by atoms with Crippen LogP contribution in [-0.2, 0) is 16.0 Å². The topological polar surface area (TPSA) is 62.3 Å².